The zero-order valence-electron chi connectivity index (χ0n) is 14.5. The first-order valence-corrected chi connectivity index (χ1v) is 7.82. The molecule has 0 aliphatic heterocycles. The number of aromatic nitrogens is 2. The number of ether oxygens (including phenoxy) is 1. The summed E-state index contributed by atoms with van der Waals surface area (Å²) >= 11 is 0. The van der Waals surface area contributed by atoms with E-state index in [0.717, 1.165) is 28.3 Å². The minimum atomic E-state index is -0.0952. The Morgan fingerprint density at radius 2 is 2.13 bits per heavy atom. The minimum Gasteiger partial charge on any atom is -0.497 e. The van der Waals surface area contributed by atoms with Crippen LogP contribution in [0.1, 0.15) is 29.4 Å². The number of nitrogens with zero attached hydrogens (tertiary/aromatic N) is 2. The number of amides is 1. The number of aryl methyl sites for hydroxylation is 2. The third kappa shape index (κ3) is 4.12. The monoisotopic (exact) mass is 315 g/mol. The molecule has 1 heterocycles. The highest BCUT2D eigenvalue weighted by Gasteiger charge is 2.18. The predicted molar refractivity (Wildman–Crippen MR) is 90.4 cm³/mol. The van der Waals surface area contributed by atoms with Crippen molar-refractivity contribution in [2.75, 3.05) is 7.11 Å². The maximum atomic E-state index is 12.3. The zero-order valence-corrected chi connectivity index (χ0v) is 14.5. The molecule has 0 saturated heterocycles. The molecule has 2 rings (SSSR count). The van der Waals surface area contributed by atoms with Gasteiger partial charge >= 0.3 is 0 Å². The van der Waals surface area contributed by atoms with Crippen LogP contribution in [0.25, 0.3) is 0 Å². The van der Waals surface area contributed by atoms with E-state index in [1.807, 2.05) is 56.8 Å². The third-order valence-corrected chi connectivity index (χ3v) is 4.22. The summed E-state index contributed by atoms with van der Waals surface area (Å²) in [6.07, 6.45) is 0.704. The van der Waals surface area contributed by atoms with Crippen molar-refractivity contribution < 1.29 is 9.53 Å². The fourth-order valence-electron chi connectivity index (χ4n) is 2.66. The summed E-state index contributed by atoms with van der Waals surface area (Å²) in [6.45, 7) is 6.48. The number of carbonyl (C=O) groups excluding carboxylic acids is 1. The molecule has 0 aliphatic carbocycles. The Bertz CT molecular complexity index is 692. The lowest BCUT2D eigenvalue weighted by Crippen LogP contribution is -2.30. The van der Waals surface area contributed by atoms with Gasteiger partial charge in [-0.05, 0) is 43.5 Å². The second-order valence-electron chi connectivity index (χ2n) is 5.95. The van der Waals surface area contributed by atoms with Crippen LogP contribution in [0.15, 0.2) is 24.3 Å². The molecule has 124 valence electrons. The number of hydrogen-bond donors (Lipinski definition) is 1. The number of rotatable bonds is 6. The topological polar surface area (TPSA) is 56.1 Å². The molecule has 1 N–H and O–H groups in total. The maximum absolute atomic E-state index is 12.3. The Morgan fingerprint density at radius 1 is 1.39 bits per heavy atom. The van der Waals surface area contributed by atoms with E-state index in [1.54, 1.807) is 7.11 Å². The SMILES string of the molecule is COc1cccc(CNC(=O)[C@@H](C)Cc2c(C)nn(C)c2C)c1. The van der Waals surface area contributed by atoms with Crippen molar-refractivity contribution in [3.63, 3.8) is 0 Å². The fourth-order valence-corrected chi connectivity index (χ4v) is 2.66. The molecule has 0 bridgehead atoms. The first-order chi connectivity index (χ1) is 10.9. The normalized spacial score (nSPS) is 12.0. The van der Waals surface area contributed by atoms with E-state index in [0.29, 0.717) is 13.0 Å². The highest BCUT2D eigenvalue weighted by molar-refractivity contribution is 5.78. The fraction of sp³-hybridized carbons (Fsp3) is 0.444. The van der Waals surface area contributed by atoms with E-state index in [9.17, 15) is 4.79 Å². The van der Waals surface area contributed by atoms with Crippen molar-refractivity contribution in [1.82, 2.24) is 15.1 Å². The number of nitrogens with one attached hydrogen (secondary N) is 1. The summed E-state index contributed by atoms with van der Waals surface area (Å²) in [7, 11) is 3.57. The standard InChI is InChI=1S/C18H25N3O2/c1-12(9-17-13(2)20-21(4)14(17)3)18(22)19-11-15-7-6-8-16(10-15)23-5/h6-8,10,12H,9,11H2,1-5H3,(H,19,22)/t12-/m0/s1. The van der Waals surface area contributed by atoms with Gasteiger partial charge in [0.05, 0.1) is 12.8 Å². The van der Waals surface area contributed by atoms with Gasteiger partial charge in [0.2, 0.25) is 5.91 Å². The summed E-state index contributed by atoms with van der Waals surface area (Å²) in [5.74, 6) is 0.754. The number of benzene rings is 1. The van der Waals surface area contributed by atoms with Crippen molar-refractivity contribution in [1.29, 1.82) is 0 Å². The Balaban J connectivity index is 1.94. The Hall–Kier alpha value is -2.30. The number of carbonyl (C=O) groups is 1. The summed E-state index contributed by atoms with van der Waals surface area (Å²) in [4.78, 5) is 12.3. The number of methoxy groups -OCH3 is 1. The molecule has 0 saturated carbocycles. The van der Waals surface area contributed by atoms with Crippen LogP contribution in [-0.4, -0.2) is 22.8 Å². The van der Waals surface area contributed by atoms with Crippen molar-refractivity contribution in [3.05, 3.63) is 46.8 Å². The molecule has 5 nitrogen and oxygen atoms in total. The molecule has 1 atom stereocenters. The van der Waals surface area contributed by atoms with E-state index in [-0.39, 0.29) is 11.8 Å². The van der Waals surface area contributed by atoms with Gasteiger partial charge in [0.15, 0.2) is 0 Å². The molecule has 5 heteroatoms. The van der Waals surface area contributed by atoms with Gasteiger partial charge in [-0.15, -0.1) is 0 Å². The third-order valence-electron chi connectivity index (χ3n) is 4.22. The van der Waals surface area contributed by atoms with E-state index < -0.39 is 0 Å². The lowest BCUT2D eigenvalue weighted by molar-refractivity contribution is -0.124. The van der Waals surface area contributed by atoms with Crippen molar-refractivity contribution in [2.24, 2.45) is 13.0 Å². The lowest BCUT2D eigenvalue weighted by atomic mass is 9.99. The first kappa shape index (κ1) is 17.1. The van der Waals surface area contributed by atoms with Crippen LogP contribution in [0, 0.1) is 19.8 Å². The molecule has 1 aromatic heterocycles. The molecule has 0 aliphatic rings. The average molecular weight is 315 g/mol. The molecule has 0 fully saturated rings. The Labute approximate surface area is 137 Å². The minimum absolute atomic E-state index is 0.0514. The van der Waals surface area contributed by atoms with Gasteiger partial charge in [-0.1, -0.05) is 19.1 Å². The zero-order chi connectivity index (χ0) is 17.0. The molecule has 2 aromatic rings. The van der Waals surface area contributed by atoms with Crippen LogP contribution in [0.3, 0.4) is 0 Å². The van der Waals surface area contributed by atoms with Crippen LogP contribution >= 0.6 is 0 Å². The average Bonchev–Trinajstić information content (AvgIpc) is 2.79. The first-order valence-electron chi connectivity index (χ1n) is 7.82. The maximum Gasteiger partial charge on any atom is 0.223 e. The Kier molecular flexibility index (Phi) is 5.42. The van der Waals surface area contributed by atoms with Crippen LogP contribution in [0.2, 0.25) is 0 Å². The Morgan fingerprint density at radius 3 is 2.74 bits per heavy atom. The van der Waals surface area contributed by atoms with Gasteiger partial charge in [0.1, 0.15) is 5.75 Å². The second kappa shape index (κ2) is 7.31. The smallest absolute Gasteiger partial charge is 0.223 e. The highest BCUT2D eigenvalue weighted by atomic mass is 16.5. The lowest BCUT2D eigenvalue weighted by Gasteiger charge is -2.13. The van der Waals surface area contributed by atoms with Gasteiger partial charge in [-0.3, -0.25) is 9.48 Å². The van der Waals surface area contributed by atoms with E-state index in [4.69, 9.17) is 4.74 Å². The quantitative estimate of drug-likeness (QED) is 0.891. The van der Waals surface area contributed by atoms with Gasteiger partial charge < -0.3 is 10.1 Å². The molecular weight excluding hydrogens is 290 g/mol. The van der Waals surface area contributed by atoms with Crippen molar-refractivity contribution in [2.45, 2.75) is 33.7 Å². The molecule has 0 spiro atoms. The van der Waals surface area contributed by atoms with Gasteiger partial charge in [0.25, 0.3) is 0 Å². The van der Waals surface area contributed by atoms with Crippen LogP contribution < -0.4 is 10.1 Å². The summed E-state index contributed by atoms with van der Waals surface area (Å²) in [5.41, 5.74) is 4.31. The van der Waals surface area contributed by atoms with Crippen LogP contribution in [-0.2, 0) is 24.8 Å². The highest BCUT2D eigenvalue weighted by Crippen LogP contribution is 2.17. The largest absolute Gasteiger partial charge is 0.497 e. The van der Waals surface area contributed by atoms with Gasteiger partial charge in [-0.25, -0.2) is 0 Å². The number of hydrogen-bond acceptors (Lipinski definition) is 3. The molecule has 1 aromatic carbocycles. The van der Waals surface area contributed by atoms with Crippen LogP contribution in [0.4, 0.5) is 0 Å². The van der Waals surface area contributed by atoms with Crippen molar-refractivity contribution in [3.8, 4) is 5.75 Å². The van der Waals surface area contributed by atoms with Crippen molar-refractivity contribution >= 4 is 5.91 Å². The second-order valence-corrected chi connectivity index (χ2v) is 5.95. The molecular formula is C18H25N3O2. The summed E-state index contributed by atoms with van der Waals surface area (Å²) in [5, 5.41) is 7.40. The van der Waals surface area contributed by atoms with E-state index >= 15 is 0 Å². The van der Waals surface area contributed by atoms with E-state index in [1.165, 1.54) is 0 Å². The molecule has 1 amide bonds. The summed E-state index contributed by atoms with van der Waals surface area (Å²) < 4.78 is 7.06. The molecule has 0 unspecified atom stereocenters. The van der Waals surface area contributed by atoms with E-state index in [2.05, 4.69) is 10.4 Å². The van der Waals surface area contributed by atoms with Crippen LogP contribution in [0.5, 0.6) is 5.75 Å². The van der Waals surface area contributed by atoms with Gasteiger partial charge in [0, 0.05) is 25.2 Å². The molecule has 23 heavy (non-hydrogen) atoms. The predicted octanol–water partition coefficient (Wildman–Crippen LogP) is 2.54. The molecule has 0 radical (unpaired) electrons. The summed E-state index contributed by atoms with van der Waals surface area (Å²) in [6, 6.07) is 7.72. The van der Waals surface area contributed by atoms with Gasteiger partial charge in [-0.2, -0.15) is 5.10 Å².